The Hall–Kier alpha value is -4.21. The largest absolute Gasteiger partial charge is 0.542 e. The number of amides is 1. The normalized spacial score (nSPS) is 11.5. The van der Waals surface area contributed by atoms with Crippen LogP contribution in [0.1, 0.15) is 62.7 Å². The lowest BCUT2D eigenvalue weighted by molar-refractivity contribution is -0.393. The lowest BCUT2D eigenvalue weighted by Gasteiger charge is -2.16. The van der Waals surface area contributed by atoms with Gasteiger partial charge in [0.05, 0.1) is 0 Å². The molecule has 2 N–H and O–H groups in total. The second-order valence-electron chi connectivity index (χ2n) is 8.93. The van der Waals surface area contributed by atoms with Crippen LogP contribution in [0.4, 0.5) is 18.0 Å². The summed E-state index contributed by atoms with van der Waals surface area (Å²) in [6, 6.07) is 23.7. The van der Waals surface area contributed by atoms with E-state index in [1.165, 1.54) is 0 Å². The van der Waals surface area contributed by atoms with E-state index in [-0.39, 0.29) is 12.6 Å². The van der Waals surface area contributed by atoms with E-state index in [4.69, 9.17) is 14.6 Å². The van der Waals surface area contributed by atoms with Crippen LogP contribution in [0, 0.1) is 0 Å². The minimum absolute atomic E-state index is 0.209. The summed E-state index contributed by atoms with van der Waals surface area (Å²) in [6.07, 6.45) is 0.985. The number of aliphatic carboxylic acids is 1. The smallest absolute Gasteiger partial charge is 0.430 e. The summed E-state index contributed by atoms with van der Waals surface area (Å²) >= 11 is 0. The summed E-state index contributed by atoms with van der Waals surface area (Å²) in [5, 5.41) is 11.8. The molecule has 1 heterocycles. The number of H-pyrrole nitrogens is 1. The van der Waals surface area contributed by atoms with Crippen molar-refractivity contribution in [1.82, 2.24) is 5.32 Å². The van der Waals surface area contributed by atoms with Crippen LogP contribution in [0.2, 0.25) is 0 Å². The SMILES string of the molecule is CCC(=O)CCCCC[C@H](NC(=O)OCc1ccccc1)c1cc(-c2ccccc2)cc[nH+]1.O=C([O-])C(F)(F)F. The average Bonchev–Trinajstić information content (AvgIpc) is 2.96. The maximum atomic E-state index is 12.6. The van der Waals surface area contributed by atoms with Crippen LogP contribution < -0.4 is 15.4 Å². The number of unbranched alkanes of at least 4 members (excludes halogenated alkanes) is 2. The molecule has 2 aromatic carbocycles. The first kappa shape index (κ1) is 32.0. The number of halogens is 3. The number of carboxylic acids is 1. The standard InChI is InChI=1S/C28H32N2O3.C2HF3O2/c1-2-25(31)16-10-5-11-17-26(30-28(32)33-21-22-12-6-3-7-13-22)27-20-24(18-19-29-27)23-14-8-4-9-15-23;3-2(4,5)1(6)7/h3-4,6-9,12-15,18-20,26H,2,5,10-11,16-17,21H2,1H3,(H,30,32);(H,6,7)/t26-;/m0./s1. The first-order valence-corrected chi connectivity index (χ1v) is 12.9. The zero-order valence-electron chi connectivity index (χ0n) is 22.2. The first-order chi connectivity index (χ1) is 19.1. The fourth-order valence-corrected chi connectivity index (χ4v) is 3.73. The highest BCUT2D eigenvalue weighted by molar-refractivity contribution is 5.77. The summed E-state index contributed by atoms with van der Waals surface area (Å²) in [7, 11) is 0. The molecule has 0 spiro atoms. The second-order valence-corrected chi connectivity index (χ2v) is 8.93. The number of aromatic nitrogens is 1. The molecule has 0 saturated heterocycles. The molecule has 0 fully saturated rings. The summed E-state index contributed by atoms with van der Waals surface area (Å²) in [6.45, 7) is 2.13. The van der Waals surface area contributed by atoms with Crippen molar-refractivity contribution in [3.8, 4) is 11.1 Å². The van der Waals surface area contributed by atoms with Crippen molar-refractivity contribution in [2.45, 2.75) is 64.3 Å². The van der Waals surface area contributed by atoms with Crippen LogP contribution >= 0.6 is 0 Å². The number of hydrogen-bond acceptors (Lipinski definition) is 5. The number of carboxylic acid groups (broad SMARTS) is 1. The van der Waals surface area contributed by atoms with E-state index in [0.29, 0.717) is 18.6 Å². The number of ketones is 1. The lowest BCUT2D eigenvalue weighted by Crippen LogP contribution is -2.37. The Balaban J connectivity index is 0.000000708. The molecule has 0 bridgehead atoms. The highest BCUT2D eigenvalue weighted by Gasteiger charge is 2.28. The topological polar surface area (TPSA) is 110 Å². The van der Waals surface area contributed by atoms with Gasteiger partial charge in [-0.05, 0) is 29.5 Å². The first-order valence-electron chi connectivity index (χ1n) is 12.9. The quantitative estimate of drug-likeness (QED) is 0.301. The van der Waals surface area contributed by atoms with Gasteiger partial charge in [0.2, 0.25) is 5.69 Å². The summed E-state index contributed by atoms with van der Waals surface area (Å²) < 4.78 is 37.0. The molecule has 0 aliphatic rings. The molecule has 0 saturated carbocycles. The van der Waals surface area contributed by atoms with Gasteiger partial charge in [-0.3, -0.25) is 4.79 Å². The van der Waals surface area contributed by atoms with Crippen molar-refractivity contribution in [3.05, 3.63) is 90.3 Å². The third-order valence-corrected chi connectivity index (χ3v) is 5.89. The fourth-order valence-electron chi connectivity index (χ4n) is 3.73. The number of aromatic amines is 1. The fraction of sp³-hybridized carbons (Fsp3) is 0.333. The molecule has 3 aromatic rings. The molecule has 1 amide bonds. The van der Waals surface area contributed by atoms with Gasteiger partial charge in [0, 0.05) is 25.0 Å². The Morgan fingerprint density at radius 3 is 2.15 bits per heavy atom. The molecule has 1 atom stereocenters. The lowest BCUT2D eigenvalue weighted by atomic mass is 10.00. The maximum absolute atomic E-state index is 12.6. The van der Waals surface area contributed by atoms with Crippen molar-refractivity contribution in [2.24, 2.45) is 0 Å². The van der Waals surface area contributed by atoms with Crippen LogP contribution in [0.25, 0.3) is 11.1 Å². The monoisotopic (exact) mass is 558 g/mol. The van der Waals surface area contributed by atoms with Crippen LogP contribution in [-0.4, -0.2) is 24.0 Å². The van der Waals surface area contributed by atoms with Gasteiger partial charge in [0.1, 0.15) is 24.4 Å². The minimum Gasteiger partial charge on any atom is -0.542 e. The molecule has 3 rings (SSSR count). The van der Waals surface area contributed by atoms with Gasteiger partial charge in [-0.2, -0.15) is 13.2 Å². The molecule has 40 heavy (non-hydrogen) atoms. The number of pyridine rings is 1. The number of Topliss-reactive ketones (excluding diaryl/α,β-unsaturated/α-hetero) is 1. The van der Waals surface area contributed by atoms with E-state index in [9.17, 15) is 22.8 Å². The van der Waals surface area contributed by atoms with Gasteiger partial charge in [-0.25, -0.2) is 9.78 Å². The molecule has 214 valence electrons. The summed E-state index contributed by atoms with van der Waals surface area (Å²) in [5.74, 6) is -2.70. The molecule has 7 nitrogen and oxygen atoms in total. The van der Waals surface area contributed by atoms with Gasteiger partial charge < -0.3 is 20.0 Å². The third-order valence-electron chi connectivity index (χ3n) is 5.89. The Morgan fingerprint density at radius 1 is 0.925 bits per heavy atom. The van der Waals surface area contributed by atoms with Crippen LogP contribution in [0.5, 0.6) is 0 Å². The van der Waals surface area contributed by atoms with Gasteiger partial charge in [0.25, 0.3) is 0 Å². The average molecular weight is 559 g/mol. The van der Waals surface area contributed by atoms with E-state index in [2.05, 4.69) is 28.5 Å². The minimum atomic E-state index is -5.19. The van der Waals surface area contributed by atoms with Crippen LogP contribution in [0.3, 0.4) is 0 Å². The second kappa shape index (κ2) is 16.7. The molecular formula is C30H33F3N2O5. The highest BCUT2D eigenvalue weighted by atomic mass is 19.4. The zero-order chi connectivity index (χ0) is 29.4. The number of alkyl halides is 3. The number of carbonyl (C=O) groups excluding carboxylic acids is 3. The number of carbonyl (C=O) groups is 3. The number of alkyl carbamates (subject to hydrolysis) is 1. The highest BCUT2D eigenvalue weighted by Crippen LogP contribution is 2.23. The van der Waals surface area contributed by atoms with Crippen molar-refractivity contribution in [3.63, 3.8) is 0 Å². The van der Waals surface area contributed by atoms with Crippen LogP contribution in [-0.2, 0) is 20.9 Å². The molecule has 1 aromatic heterocycles. The van der Waals surface area contributed by atoms with Crippen molar-refractivity contribution in [1.29, 1.82) is 0 Å². The molecule has 0 radical (unpaired) electrons. The third kappa shape index (κ3) is 12.1. The van der Waals surface area contributed by atoms with E-state index in [0.717, 1.165) is 48.1 Å². The number of nitrogens with one attached hydrogen (secondary N) is 2. The molecule has 0 aliphatic heterocycles. The van der Waals surface area contributed by atoms with Crippen molar-refractivity contribution in [2.75, 3.05) is 0 Å². The Morgan fingerprint density at radius 2 is 1.55 bits per heavy atom. The predicted octanol–water partition coefficient (Wildman–Crippen LogP) is 5.36. The van der Waals surface area contributed by atoms with Gasteiger partial charge >= 0.3 is 12.3 Å². The Labute approximate surface area is 231 Å². The van der Waals surface area contributed by atoms with Crippen LogP contribution in [0.15, 0.2) is 79.0 Å². The molecule has 0 aliphatic carbocycles. The van der Waals surface area contributed by atoms with Gasteiger partial charge in [-0.1, -0.05) is 80.4 Å². The molecule has 0 unspecified atom stereocenters. The Kier molecular flexibility index (Phi) is 13.4. The number of rotatable bonds is 12. The maximum Gasteiger partial charge on any atom is 0.430 e. The molecular weight excluding hydrogens is 525 g/mol. The summed E-state index contributed by atoms with van der Waals surface area (Å²) in [4.78, 5) is 36.2. The van der Waals surface area contributed by atoms with Crippen molar-refractivity contribution >= 4 is 17.8 Å². The van der Waals surface area contributed by atoms with E-state index in [1.807, 2.05) is 67.7 Å². The van der Waals surface area contributed by atoms with E-state index >= 15 is 0 Å². The van der Waals surface area contributed by atoms with Gasteiger partial charge in [0.15, 0.2) is 6.20 Å². The molecule has 10 heteroatoms. The van der Waals surface area contributed by atoms with E-state index < -0.39 is 18.2 Å². The Bertz CT molecular complexity index is 1200. The zero-order valence-corrected chi connectivity index (χ0v) is 22.2. The number of ether oxygens (including phenoxy) is 1. The predicted molar refractivity (Wildman–Crippen MR) is 140 cm³/mol. The van der Waals surface area contributed by atoms with E-state index in [1.54, 1.807) is 0 Å². The number of benzene rings is 2. The summed E-state index contributed by atoms with van der Waals surface area (Å²) in [5.41, 5.74) is 4.08. The van der Waals surface area contributed by atoms with Crippen molar-refractivity contribution < 1.29 is 42.4 Å². The van der Waals surface area contributed by atoms with Gasteiger partial charge in [-0.15, -0.1) is 0 Å². The number of hydrogen-bond donors (Lipinski definition) is 1.